The number of guanidine groups is 1. The van der Waals surface area contributed by atoms with E-state index in [0.29, 0.717) is 17.6 Å². The number of aliphatic imine (C=N–C) groups is 1. The lowest BCUT2D eigenvalue weighted by molar-refractivity contribution is 0.0943. The Kier molecular flexibility index (Phi) is 6.71. The Morgan fingerprint density at radius 3 is 2.16 bits per heavy atom. The van der Waals surface area contributed by atoms with Crippen LogP contribution in [0.4, 0.5) is 0 Å². The van der Waals surface area contributed by atoms with Crippen molar-refractivity contribution >= 4 is 11.9 Å². The molecule has 0 saturated heterocycles. The van der Waals surface area contributed by atoms with Gasteiger partial charge >= 0.3 is 0 Å². The molecule has 136 valence electrons. The van der Waals surface area contributed by atoms with Gasteiger partial charge in [-0.2, -0.15) is 0 Å². The summed E-state index contributed by atoms with van der Waals surface area (Å²) in [5, 5.41) is 3.53. The topological polar surface area (TPSA) is 65.5 Å². The molecule has 0 heterocycles. The van der Waals surface area contributed by atoms with Crippen molar-refractivity contribution in [3.8, 4) is 0 Å². The maximum Gasteiger partial charge on any atom is 0.269 e. The van der Waals surface area contributed by atoms with Gasteiger partial charge in [0.25, 0.3) is 5.91 Å². The molecule has 2 saturated carbocycles. The van der Waals surface area contributed by atoms with Gasteiger partial charge in [-0.25, -0.2) is 4.99 Å². The third kappa shape index (κ3) is 5.76. The van der Waals surface area contributed by atoms with Crippen LogP contribution >= 0.6 is 0 Å². The number of hydrogen-bond donors (Lipinski definition) is 3. The Hall–Kier alpha value is -2.04. The van der Waals surface area contributed by atoms with Crippen molar-refractivity contribution in [3.05, 3.63) is 35.9 Å². The van der Waals surface area contributed by atoms with Gasteiger partial charge in [0.1, 0.15) is 0 Å². The van der Waals surface area contributed by atoms with Crippen molar-refractivity contribution in [1.29, 1.82) is 0 Å². The van der Waals surface area contributed by atoms with E-state index in [9.17, 15) is 4.79 Å². The normalized spacial score (nSPS) is 20.1. The fourth-order valence-electron chi connectivity index (χ4n) is 3.72. The lowest BCUT2D eigenvalue weighted by atomic mass is 9.95. The van der Waals surface area contributed by atoms with Gasteiger partial charge in [-0.15, -0.1) is 0 Å². The average Bonchev–Trinajstić information content (AvgIpc) is 2.68. The molecule has 2 fully saturated rings. The van der Waals surface area contributed by atoms with Crippen molar-refractivity contribution in [2.45, 2.75) is 76.3 Å². The number of nitrogens with one attached hydrogen (secondary N) is 3. The summed E-state index contributed by atoms with van der Waals surface area (Å²) in [6, 6.07) is 10.1. The van der Waals surface area contributed by atoms with Crippen molar-refractivity contribution in [2.75, 3.05) is 0 Å². The zero-order valence-electron chi connectivity index (χ0n) is 15.0. The van der Waals surface area contributed by atoms with E-state index in [1.165, 1.54) is 51.4 Å². The molecule has 3 N–H and O–H groups in total. The lowest BCUT2D eigenvalue weighted by Gasteiger charge is -2.26. The minimum absolute atomic E-state index is 0.137. The molecule has 2 aliphatic rings. The Bertz CT molecular complexity index is 560. The first-order valence-electron chi connectivity index (χ1n) is 9.77. The molecule has 5 nitrogen and oxygen atoms in total. The van der Waals surface area contributed by atoms with E-state index in [2.05, 4.69) is 16.2 Å². The van der Waals surface area contributed by atoms with Crippen molar-refractivity contribution in [1.82, 2.24) is 16.2 Å². The van der Waals surface area contributed by atoms with Crippen molar-refractivity contribution in [2.24, 2.45) is 4.99 Å². The van der Waals surface area contributed by atoms with E-state index < -0.39 is 0 Å². The number of rotatable bonds is 3. The van der Waals surface area contributed by atoms with Gasteiger partial charge in [0.05, 0.1) is 6.04 Å². The van der Waals surface area contributed by atoms with E-state index in [-0.39, 0.29) is 5.91 Å². The zero-order chi connectivity index (χ0) is 17.3. The van der Waals surface area contributed by atoms with Gasteiger partial charge < -0.3 is 5.32 Å². The van der Waals surface area contributed by atoms with E-state index in [4.69, 9.17) is 4.99 Å². The molecule has 0 radical (unpaired) electrons. The largest absolute Gasteiger partial charge is 0.352 e. The molecule has 1 aromatic carbocycles. The lowest BCUT2D eigenvalue weighted by Crippen LogP contribution is -2.51. The highest BCUT2D eigenvalue weighted by Crippen LogP contribution is 2.21. The second-order valence-corrected chi connectivity index (χ2v) is 7.19. The Balaban J connectivity index is 1.60. The predicted molar refractivity (Wildman–Crippen MR) is 101 cm³/mol. The fraction of sp³-hybridized carbons (Fsp3) is 0.600. The summed E-state index contributed by atoms with van der Waals surface area (Å²) in [4.78, 5) is 17.2. The Labute approximate surface area is 150 Å². The zero-order valence-corrected chi connectivity index (χ0v) is 15.0. The van der Waals surface area contributed by atoms with Gasteiger partial charge in [-0.3, -0.25) is 15.6 Å². The van der Waals surface area contributed by atoms with Crippen LogP contribution in [0.5, 0.6) is 0 Å². The van der Waals surface area contributed by atoms with Crippen molar-refractivity contribution < 1.29 is 4.79 Å². The van der Waals surface area contributed by atoms with Crippen LogP contribution in [0.3, 0.4) is 0 Å². The molecule has 25 heavy (non-hydrogen) atoms. The minimum Gasteiger partial charge on any atom is -0.352 e. The smallest absolute Gasteiger partial charge is 0.269 e. The van der Waals surface area contributed by atoms with Gasteiger partial charge in [-0.1, -0.05) is 56.7 Å². The summed E-state index contributed by atoms with van der Waals surface area (Å²) >= 11 is 0. The summed E-state index contributed by atoms with van der Waals surface area (Å²) in [5.41, 5.74) is 6.49. The van der Waals surface area contributed by atoms with Crippen LogP contribution in [0, 0.1) is 0 Å². The standard InChI is InChI=1S/C20H30N4O/c25-19(16-10-4-1-5-11-16)23-24-20(21-17-12-6-2-7-13-17)22-18-14-8-3-9-15-18/h1,4-5,10-11,17-18H,2-3,6-9,12-15H2,(H,23,25)(H2,21,22,24). The van der Waals surface area contributed by atoms with Gasteiger partial charge in [0, 0.05) is 11.6 Å². The summed E-state index contributed by atoms with van der Waals surface area (Å²) in [6.07, 6.45) is 12.3. The van der Waals surface area contributed by atoms with Crippen LogP contribution < -0.4 is 16.2 Å². The molecule has 0 aliphatic heterocycles. The molecule has 0 unspecified atom stereocenters. The predicted octanol–water partition coefficient (Wildman–Crippen LogP) is 3.53. The fourth-order valence-corrected chi connectivity index (χ4v) is 3.72. The average molecular weight is 342 g/mol. The maximum absolute atomic E-state index is 12.3. The highest BCUT2D eigenvalue weighted by Gasteiger charge is 2.18. The quantitative estimate of drug-likeness (QED) is 0.447. The molecule has 0 atom stereocenters. The summed E-state index contributed by atoms with van der Waals surface area (Å²) < 4.78 is 0. The first kappa shape index (κ1) is 17.8. The molecule has 3 rings (SSSR count). The Morgan fingerprint density at radius 2 is 1.48 bits per heavy atom. The molecule has 0 bridgehead atoms. The number of carbonyl (C=O) groups is 1. The SMILES string of the molecule is O=C(NN/C(=N\C1CCCCC1)NC1CCCCC1)c1ccccc1. The van der Waals surface area contributed by atoms with Crippen LogP contribution in [0.25, 0.3) is 0 Å². The molecule has 0 aromatic heterocycles. The second-order valence-electron chi connectivity index (χ2n) is 7.19. The van der Waals surface area contributed by atoms with Crippen molar-refractivity contribution in [3.63, 3.8) is 0 Å². The van der Waals surface area contributed by atoms with Gasteiger partial charge in [0.2, 0.25) is 5.96 Å². The van der Waals surface area contributed by atoms with E-state index in [1.807, 2.05) is 30.3 Å². The Morgan fingerprint density at radius 1 is 0.840 bits per heavy atom. The van der Waals surface area contributed by atoms with Crippen LogP contribution in [0.1, 0.15) is 74.6 Å². The monoisotopic (exact) mass is 342 g/mol. The highest BCUT2D eigenvalue weighted by atomic mass is 16.2. The first-order valence-corrected chi connectivity index (χ1v) is 9.77. The van der Waals surface area contributed by atoms with Gasteiger partial charge in [0.15, 0.2) is 0 Å². The third-order valence-electron chi connectivity index (χ3n) is 5.16. The minimum atomic E-state index is -0.137. The molecule has 1 aromatic rings. The van der Waals surface area contributed by atoms with Crippen LogP contribution in [0.2, 0.25) is 0 Å². The summed E-state index contributed by atoms with van der Waals surface area (Å²) in [7, 11) is 0. The third-order valence-corrected chi connectivity index (χ3v) is 5.16. The molecule has 1 amide bonds. The summed E-state index contributed by atoms with van der Waals surface area (Å²) in [5.74, 6) is 0.588. The number of benzene rings is 1. The highest BCUT2D eigenvalue weighted by molar-refractivity contribution is 5.95. The van der Waals surface area contributed by atoms with E-state index in [1.54, 1.807) is 0 Å². The number of hydrazine groups is 1. The first-order chi connectivity index (χ1) is 12.3. The number of amides is 1. The molecule has 2 aliphatic carbocycles. The van der Waals surface area contributed by atoms with Crippen LogP contribution in [0.15, 0.2) is 35.3 Å². The molecule has 5 heteroatoms. The number of hydrogen-bond acceptors (Lipinski definition) is 2. The molecular formula is C20H30N4O. The number of nitrogens with zero attached hydrogens (tertiary/aromatic N) is 1. The van der Waals surface area contributed by atoms with Crippen LogP contribution in [-0.4, -0.2) is 24.0 Å². The molecule has 0 spiro atoms. The van der Waals surface area contributed by atoms with E-state index in [0.717, 1.165) is 18.8 Å². The maximum atomic E-state index is 12.3. The van der Waals surface area contributed by atoms with Crippen LogP contribution in [-0.2, 0) is 0 Å². The van der Waals surface area contributed by atoms with E-state index >= 15 is 0 Å². The second kappa shape index (κ2) is 9.44. The molecular weight excluding hydrogens is 312 g/mol. The number of carbonyl (C=O) groups excluding carboxylic acids is 1. The summed E-state index contributed by atoms with van der Waals surface area (Å²) in [6.45, 7) is 0. The van der Waals surface area contributed by atoms with Gasteiger partial charge in [-0.05, 0) is 37.8 Å².